The Morgan fingerprint density at radius 2 is 1.12 bits per heavy atom. The van der Waals surface area contributed by atoms with E-state index in [1.54, 1.807) is 24.1 Å². The minimum absolute atomic E-state index is 0.0175. The third-order valence-corrected chi connectivity index (χ3v) is 16.3. The van der Waals surface area contributed by atoms with E-state index in [1.165, 1.54) is 199 Å². The van der Waals surface area contributed by atoms with Gasteiger partial charge in [0.1, 0.15) is 18.2 Å². The average molecular weight is 1060 g/mol. The number of nitrogens with zero attached hydrogens (tertiary/aromatic N) is 3. The van der Waals surface area contributed by atoms with Crippen molar-refractivity contribution in [2.75, 3.05) is 56.9 Å². The van der Waals surface area contributed by atoms with Gasteiger partial charge in [-0.05, 0) is 31.2 Å². The molecular weight excluding hydrogens is 948 g/mol. The molecule has 2 heterocycles. The number of carbonyl (C=O) groups excluding carboxylic acids is 2. The fraction of sp³-hybridized carbons (Fsp3) is 0.803. The maximum atomic E-state index is 13.2. The van der Waals surface area contributed by atoms with Gasteiger partial charge in [-0.2, -0.15) is 9.97 Å². The lowest BCUT2D eigenvalue weighted by atomic mass is 10.0. The molecule has 0 aliphatic carbocycles. The Morgan fingerprint density at radius 3 is 1.62 bits per heavy atom. The molecule has 0 bridgehead atoms. The highest BCUT2D eigenvalue weighted by molar-refractivity contribution is 7.52. The van der Waals surface area contributed by atoms with Crippen LogP contribution in [0.4, 0.5) is 11.6 Å². The molecule has 74 heavy (non-hydrogen) atoms. The van der Waals surface area contributed by atoms with Gasteiger partial charge in [-0.3, -0.25) is 19.1 Å². The smallest absolute Gasteiger partial charge is 0.328 e. The number of rotatable bonds is 52. The van der Waals surface area contributed by atoms with Gasteiger partial charge >= 0.3 is 13.6 Å². The Morgan fingerprint density at radius 1 is 0.635 bits per heavy atom. The molecule has 2 unspecified atom stereocenters. The number of amides is 1. The van der Waals surface area contributed by atoms with Crippen LogP contribution >= 0.6 is 7.60 Å². The molecule has 1 amide bonds. The van der Waals surface area contributed by atoms with Crippen LogP contribution in [0.25, 0.3) is 0 Å². The summed E-state index contributed by atoms with van der Waals surface area (Å²) < 4.78 is 35.8. The molecule has 0 fully saturated rings. The van der Waals surface area contributed by atoms with E-state index in [0.717, 1.165) is 31.4 Å². The maximum Gasteiger partial charge on any atom is 0.328 e. The number of methoxy groups -OCH3 is 1. The predicted molar refractivity (Wildman–Crippen MR) is 307 cm³/mol. The molecule has 1 aliphatic rings. The molecular formula is C61H107N4O8P. The second kappa shape index (κ2) is 43.1. The molecule has 1 aliphatic heterocycles. The Hall–Kier alpha value is -2.89. The zero-order chi connectivity index (χ0) is 53.2. The third kappa shape index (κ3) is 31.4. The number of aromatic nitrogens is 2. The molecule has 0 saturated carbocycles. The molecule has 13 heteroatoms. The van der Waals surface area contributed by atoms with E-state index >= 15 is 0 Å². The molecule has 3 rings (SSSR count). The Kier molecular flexibility index (Phi) is 38.1. The summed E-state index contributed by atoms with van der Waals surface area (Å²) >= 11 is 0. The Balaban J connectivity index is 1.33. The van der Waals surface area contributed by atoms with Crippen LogP contribution in [0.15, 0.2) is 24.3 Å². The summed E-state index contributed by atoms with van der Waals surface area (Å²) in [5.74, 6) is 0.538. The van der Waals surface area contributed by atoms with E-state index in [0.29, 0.717) is 43.0 Å². The van der Waals surface area contributed by atoms with Crippen LogP contribution in [0.1, 0.15) is 273 Å². The van der Waals surface area contributed by atoms with Crippen molar-refractivity contribution < 1.29 is 37.8 Å². The topological polar surface area (TPSA) is 163 Å². The molecule has 2 aromatic rings. The molecule has 0 spiro atoms. The van der Waals surface area contributed by atoms with Gasteiger partial charge in [-0.15, -0.1) is 0 Å². The number of anilines is 2. The maximum absolute atomic E-state index is 13.2. The summed E-state index contributed by atoms with van der Waals surface area (Å²) in [5.41, 5.74) is 8.10. The highest BCUT2D eigenvalue weighted by atomic mass is 31.2. The summed E-state index contributed by atoms with van der Waals surface area (Å²) in [6.07, 6.45) is 46.4. The molecule has 0 saturated heterocycles. The predicted octanol–water partition coefficient (Wildman–Crippen LogP) is 16.7. The normalized spacial score (nSPS) is 13.7. The van der Waals surface area contributed by atoms with Crippen LogP contribution in [-0.4, -0.2) is 72.9 Å². The number of ketones is 1. The Labute approximate surface area is 451 Å². The molecule has 424 valence electrons. The first-order chi connectivity index (χ1) is 36.2. The fourth-order valence-electron chi connectivity index (χ4n) is 10.1. The summed E-state index contributed by atoms with van der Waals surface area (Å²) in [6.45, 7) is 6.94. The van der Waals surface area contributed by atoms with Crippen molar-refractivity contribution in [1.29, 1.82) is 0 Å². The van der Waals surface area contributed by atoms with Gasteiger partial charge in [0.2, 0.25) is 5.91 Å². The fourth-order valence-corrected chi connectivity index (χ4v) is 11.2. The quantitative estimate of drug-likeness (QED) is 0.0368. The minimum atomic E-state index is -3.83. The molecule has 0 radical (unpaired) electrons. The zero-order valence-electron chi connectivity index (χ0n) is 47.4. The van der Waals surface area contributed by atoms with Crippen molar-refractivity contribution in [3.8, 4) is 6.01 Å². The van der Waals surface area contributed by atoms with Gasteiger partial charge in [-0.1, -0.05) is 244 Å². The Bertz CT molecular complexity index is 1770. The van der Waals surface area contributed by atoms with Crippen molar-refractivity contribution in [2.45, 2.75) is 264 Å². The summed E-state index contributed by atoms with van der Waals surface area (Å²) in [5, 5.41) is 0. The van der Waals surface area contributed by atoms with E-state index in [9.17, 15) is 19.0 Å². The number of carbonyl (C=O) groups is 2. The first-order valence-electron chi connectivity index (χ1n) is 30.4. The SMILES string of the molecule is CCCCCCCCCCCCCCCCCCCC(COCCCCCCCCCCCCCCCCCC)COP(=O)(O)CCCCC(=O)c1ccc(CN2C(=O)Cc3c(N)nc(OCCOC)nc32)cc1. The van der Waals surface area contributed by atoms with Crippen LogP contribution in [0, 0.1) is 5.92 Å². The standard InChI is InChI=1S/C61H107N4O8P/c1-4-6-8-10-12-14-16-18-20-22-23-25-27-29-31-33-35-39-54(51-71-45-37-34-32-30-28-26-24-21-19-17-15-13-11-9-7-5-2)52-73-74(68,69)48-38-36-40-57(66)55-43-41-53(42-44-55)50-65-58(67)49-56-59(62)63-61(64-60(56)65)72-47-46-70-3/h41-44,54H,4-40,45-52H2,1-3H3,(H,68,69)(H2,62,63,64). The van der Waals surface area contributed by atoms with E-state index in [4.69, 9.17) is 24.5 Å². The lowest BCUT2D eigenvalue weighted by Crippen LogP contribution is -2.26. The summed E-state index contributed by atoms with van der Waals surface area (Å²) in [4.78, 5) is 47.1. The van der Waals surface area contributed by atoms with Crippen molar-refractivity contribution in [1.82, 2.24) is 9.97 Å². The first-order valence-corrected chi connectivity index (χ1v) is 32.2. The largest absolute Gasteiger partial charge is 0.461 e. The monoisotopic (exact) mass is 1050 g/mol. The van der Waals surface area contributed by atoms with Gasteiger partial charge in [0.15, 0.2) is 5.78 Å². The first kappa shape index (κ1) is 65.4. The van der Waals surface area contributed by atoms with Gasteiger partial charge in [0.25, 0.3) is 0 Å². The number of nitrogens with two attached hydrogens (primary N) is 1. The number of fused-ring (bicyclic) bond motifs is 1. The third-order valence-electron chi connectivity index (χ3n) is 14.8. The second-order valence-corrected chi connectivity index (χ2v) is 23.6. The van der Waals surface area contributed by atoms with Gasteiger partial charge < -0.3 is 29.4 Å². The van der Waals surface area contributed by atoms with Crippen molar-refractivity contribution in [3.05, 3.63) is 41.0 Å². The lowest BCUT2D eigenvalue weighted by Gasteiger charge is -2.20. The lowest BCUT2D eigenvalue weighted by molar-refractivity contribution is -0.117. The number of nitrogen functional groups attached to an aromatic ring is 1. The van der Waals surface area contributed by atoms with E-state index < -0.39 is 7.60 Å². The van der Waals surface area contributed by atoms with Crippen molar-refractivity contribution >= 4 is 30.9 Å². The summed E-state index contributed by atoms with van der Waals surface area (Å²) in [6, 6.07) is 7.27. The van der Waals surface area contributed by atoms with E-state index in [2.05, 4.69) is 23.8 Å². The van der Waals surface area contributed by atoms with Crippen molar-refractivity contribution in [3.63, 3.8) is 0 Å². The van der Waals surface area contributed by atoms with Crippen molar-refractivity contribution in [2.24, 2.45) is 5.92 Å². The highest BCUT2D eigenvalue weighted by Gasteiger charge is 2.32. The molecule has 1 aromatic heterocycles. The second-order valence-electron chi connectivity index (χ2n) is 21.6. The molecule has 1 aromatic carbocycles. The van der Waals surface area contributed by atoms with Crippen LogP contribution in [-0.2, 0) is 36.3 Å². The summed E-state index contributed by atoms with van der Waals surface area (Å²) in [7, 11) is -2.25. The number of hydrogen-bond acceptors (Lipinski definition) is 10. The number of benzene rings is 1. The van der Waals surface area contributed by atoms with Crippen LogP contribution < -0.4 is 15.4 Å². The van der Waals surface area contributed by atoms with Crippen LogP contribution in [0.3, 0.4) is 0 Å². The van der Waals surface area contributed by atoms with Gasteiger partial charge in [-0.25, -0.2) is 0 Å². The number of Topliss-reactive ketones (excluding diaryl/α,β-unsaturated/α-hetero) is 1. The van der Waals surface area contributed by atoms with Crippen LogP contribution in [0.2, 0.25) is 0 Å². The zero-order valence-corrected chi connectivity index (χ0v) is 48.3. The average Bonchev–Trinajstić information content (AvgIpc) is 3.71. The highest BCUT2D eigenvalue weighted by Crippen LogP contribution is 2.43. The molecule has 3 N–H and O–H groups in total. The van der Waals surface area contributed by atoms with Gasteiger partial charge in [0.05, 0.1) is 32.8 Å². The number of hydrogen-bond donors (Lipinski definition) is 2. The van der Waals surface area contributed by atoms with Gasteiger partial charge in [0, 0.05) is 43.3 Å². The van der Waals surface area contributed by atoms with E-state index in [-0.39, 0.29) is 68.2 Å². The molecule has 12 nitrogen and oxygen atoms in total. The van der Waals surface area contributed by atoms with Crippen LogP contribution in [0.5, 0.6) is 6.01 Å². The van der Waals surface area contributed by atoms with E-state index in [1.807, 2.05) is 12.1 Å². The minimum Gasteiger partial charge on any atom is -0.461 e. The number of unbranched alkanes of at least 4 members (excludes halogenated alkanes) is 32. The molecule has 2 atom stereocenters. The number of ether oxygens (including phenoxy) is 3.